The Labute approximate surface area is 156 Å². The number of hydrogen-bond donors (Lipinski definition) is 2. The van der Waals surface area contributed by atoms with E-state index < -0.39 is 10.0 Å². The standard InChI is InChI=1S/C17H17ClN2O5S/c18-13-3-1-2-4-16(13)26(22,23)19-8-7-17(21)20-12-5-6-14-15(11-12)25-10-9-24-14/h1-6,11,19H,7-10H2,(H,20,21). The fourth-order valence-corrected chi connectivity index (χ4v) is 3.93. The maximum absolute atomic E-state index is 12.2. The molecule has 0 aromatic heterocycles. The largest absolute Gasteiger partial charge is 0.486 e. The maximum Gasteiger partial charge on any atom is 0.242 e. The fourth-order valence-electron chi connectivity index (χ4n) is 2.38. The van der Waals surface area contributed by atoms with Crippen LogP contribution in [0.3, 0.4) is 0 Å². The summed E-state index contributed by atoms with van der Waals surface area (Å²) in [5.74, 6) is 0.860. The second-order valence-electron chi connectivity index (χ2n) is 5.48. The summed E-state index contributed by atoms with van der Waals surface area (Å²) in [6.07, 6.45) is -0.0296. The normalized spacial score (nSPS) is 13.3. The lowest BCUT2D eigenvalue weighted by Gasteiger charge is -2.19. The van der Waals surface area contributed by atoms with Crippen molar-refractivity contribution in [1.82, 2.24) is 4.72 Å². The lowest BCUT2D eigenvalue weighted by Crippen LogP contribution is -2.28. The zero-order valence-corrected chi connectivity index (χ0v) is 15.3. The molecule has 1 amide bonds. The highest BCUT2D eigenvalue weighted by atomic mass is 35.5. The summed E-state index contributed by atoms with van der Waals surface area (Å²) >= 11 is 5.90. The van der Waals surface area contributed by atoms with E-state index in [-0.39, 0.29) is 28.8 Å². The predicted octanol–water partition coefficient (Wildman–Crippen LogP) is 2.42. The van der Waals surface area contributed by atoms with Gasteiger partial charge in [0.25, 0.3) is 0 Å². The predicted molar refractivity (Wildman–Crippen MR) is 97.3 cm³/mol. The zero-order chi connectivity index (χ0) is 18.6. The van der Waals surface area contributed by atoms with Gasteiger partial charge in [0, 0.05) is 24.7 Å². The first-order valence-corrected chi connectivity index (χ1v) is 9.75. The Balaban J connectivity index is 1.54. The summed E-state index contributed by atoms with van der Waals surface area (Å²) in [6.45, 7) is 0.891. The molecule has 1 heterocycles. The van der Waals surface area contributed by atoms with Crippen molar-refractivity contribution in [1.29, 1.82) is 0 Å². The van der Waals surface area contributed by atoms with Crippen molar-refractivity contribution >= 4 is 33.2 Å². The SMILES string of the molecule is O=C(CCNS(=O)(=O)c1ccccc1Cl)Nc1ccc2c(c1)OCCO2. The summed E-state index contributed by atoms with van der Waals surface area (Å²) in [5.41, 5.74) is 0.549. The number of carbonyl (C=O) groups excluding carboxylic acids is 1. The minimum Gasteiger partial charge on any atom is -0.486 e. The van der Waals surface area contributed by atoms with E-state index in [0.29, 0.717) is 30.4 Å². The average Bonchev–Trinajstić information content (AvgIpc) is 2.61. The third kappa shape index (κ3) is 4.46. The number of hydrogen-bond acceptors (Lipinski definition) is 5. The summed E-state index contributed by atoms with van der Waals surface area (Å²) in [5, 5.41) is 2.82. The van der Waals surface area contributed by atoms with Crippen molar-refractivity contribution in [2.45, 2.75) is 11.3 Å². The van der Waals surface area contributed by atoms with Crippen LogP contribution in [0.15, 0.2) is 47.4 Å². The van der Waals surface area contributed by atoms with E-state index in [9.17, 15) is 13.2 Å². The monoisotopic (exact) mass is 396 g/mol. The fraction of sp³-hybridized carbons (Fsp3) is 0.235. The Morgan fingerprint density at radius 3 is 2.58 bits per heavy atom. The topological polar surface area (TPSA) is 93.7 Å². The Morgan fingerprint density at radius 2 is 1.81 bits per heavy atom. The molecule has 3 rings (SSSR count). The number of rotatable bonds is 6. The highest BCUT2D eigenvalue weighted by Crippen LogP contribution is 2.32. The number of anilines is 1. The minimum atomic E-state index is -3.77. The molecule has 138 valence electrons. The van der Waals surface area contributed by atoms with Crippen LogP contribution in [-0.2, 0) is 14.8 Å². The van der Waals surface area contributed by atoms with Gasteiger partial charge in [-0.15, -0.1) is 0 Å². The van der Waals surface area contributed by atoms with Crippen LogP contribution in [0.25, 0.3) is 0 Å². The van der Waals surface area contributed by atoms with Crippen LogP contribution in [0.4, 0.5) is 5.69 Å². The van der Waals surface area contributed by atoms with E-state index in [4.69, 9.17) is 21.1 Å². The minimum absolute atomic E-state index is 0.0195. The average molecular weight is 397 g/mol. The number of ether oxygens (including phenoxy) is 2. The summed E-state index contributed by atoms with van der Waals surface area (Å²) < 4.78 is 37.6. The molecular weight excluding hydrogens is 380 g/mol. The molecule has 0 saturated carbocycles. The van der Waals surface area contributed by atoms with Crippen LogP contribution >= 0.6 is 11.6 Å². The molecule has 0 aliphatic carbocycles. The van der Waals surface area contributed by atoms with Crippen molar-refractivity contribution in [2.75, 3.05) is 25.1 Å². The number of amides is 1. The van der Waals surface area contributed by atoms with E-state index in [2.05, 4.69) is 10.0 Å². The van der Waals surface area contributed by atoms with Gasteiger partial charge in [0.15, 0.2) is 11.5 Å². The zero-order valence-electron chi connectivity index (χ0n) is 13.7. The second-order valence-corrected chi connectivity index (χ2v) is 7.63. The van der Waals surface area contributed by atoms with Gasteiger partial charge in [-0.05, 0) is 24.3 Å². The van der Waals surface area contributed by atoms with E-state index in [1.54, 1.807) is 30.3 Å². The second kappa shape index (κ2) is 7.94. The van der Waals surface area contributed by atoms with Crippen LogP contribution in [-0.4, -0.2) is 34.1 Å². The number of carbonyl (C=O) groups is 1. The quantitative estimate of drug-likeness (QED) is 0.782. The Kier molecular flexibility index (Phi) is 5.65. The molecule has 2 aromatic carbocycles. The molecule has 1 aliphatic rings. The first-order valence-electron chi connectivity index (χ1n) is 7.89. The molecular formula is C17H17ClN2O5S. The molecule has 0 bridgehead atoms. The number of nitrogens with one attached hydrogen (secondary N) is 2. The van der Waals surface area contributed by atoms with Gasteiger partial charge in [0.1, 0.15) is 18.1 Å². The number of benzene rings is 2. The molecule has 2 aromatic rings. The molecule has 26 heavy (non-hydrogen) atoms. The van der Waals surface area contributed by atoms with Crippen molar-refractivity contribution in [3.8, 4) is 11.5 Å². The molecule has 2 N–H and O–H groups in total. The van der Waals surface area contributed by atoms with Crippen molar-refractivity contribution in [3.05, 3.63) is 47.5 Å². The van der Waals surface area contributed by atoms with Gasteiger partial charge in [0.05, 0.1) is 5.02 Å². The third-order valence-corrected chi connectivity index (χ3v) is 5.56. The van der Waals surface area contributed by atoms with E-state index >= 15 is 0 Å². The number of fused-ring (bicyclic) bond motifs is 1. The van der Waals surface area contributed by atoms with Crippen molar-refractivity contribution < 1.29 is 22.7 Å². The van der Waals surface area contributed by atoms with Gasteiger partial charge >= 0.3 is 0 Å². The molecule has 0 radical (unpaired) electrons. The van der Waals surface area contributed by atoms with Gasteiger partial charge < -0.3 is 14.8 Å². The molecule has 0 atom stereocenters. The highest BCUT2D eigenvalue weighted by Gasteiger charge is 2.17. The van der Waals surface area contributed by atoms with Gasteiger partial charge in [-0.3, -0.25) is 4.79 Å². The Hall–Kier alpha value is -2.29. The van der Waals surface area contributed by atoms with Gasteiger partial charge in [-0.2, -0.15) is 0 Å². The first kappa shape index (κ1) is 18.5. The molecule has 7 nitrogen and oxygen atoms in total. The van der Waals surface area contributed by atoms with Crippen LogP contribution in [0.1, 0.15) is 6.42 Å². The summed E-state index contributed by atoms with van der Waals surface area (Å²) in [7, 11) is -3.77. The lowest BCUT2D eigenvalue weighted by molar-refractivity contribution is -0.116. The number of sulfonamides is 1. The van der Waals surface area contributed by atoms with E-state index in [0.717, 1.165) is 0 Å². The highest BCUT2D eigenvalue weighted by molar-refractivity contribution is 7.89. The van der Waals surface area contributed by atoms with Crippen molar-refractivity contribution in [3.63, 3.8) is 0 Å². The molecule has 0 saturated heterocycles. The van der Waals surface area contributed by atoms with Crippen LogP contribution in [0, 0.1) is 0 Å². The Morgan fingerprint density at radius 1 is 1.08 bits per heavy atom. The van der Waals surface area contributed by atoms with Gasteiger partial charge in [0.2, 0.25) is 15.9 Å². The van der Waals surface area contributed by atoms with Crippen molar-refractivity contribution in [2.24, 2.45) is 0 Å². The van der Waals surface area contributed by atoms with Crippen LogP contribution < -0.4 is 19.5 Å². The first-order chi connectivity index (χ1) is 12.5. The molecule has 0 spiro atoms. The number of halogens is 1. The van der Waals surface area contributed by atoms with E-state index in [1.165, 1.54) is 12.1 Å². The smallest absolute Gasteiger partial charge is 0.242 e. The van der Waals surface area contributed by atoms with E-state index in [1.807, 2.05) is 0 Å². The summed E-state index contributed by atoms with van der Waals surface area (Å²) in [4.78, 5) is 12.0. The lowest BCUT2D eigenvalue weighted by atomic mass is 10.2. The molecule has 1 aliphatic heterocycles. The van der Waals surface area contributed by atoms with Gasteiger partial charge in [-0.25, -0.2) is 13.1 Å². The van der Waals surface area contributed by atoms with Crippen LogP contribution in [0.5, 0.6) is 11.5 Å². The maximum atomic E-state index is 12.2. The molecule has 9 heteroatoms. The molecule has 0 fully saturated rings. The van der Waals surface area contributed by atoms with Gasteiger partial charge in [-0.1, -0.05) is 23.7 Å². The van der Waals surface area contributed by atoms with Crippen LogP contribution in [0.2, 0.25) is 5.02 Å². The Bertz CT molecular complexity index is 917. The molecule has 0 unspecified atom stereocenters. The summed E-state index contributed by atoms with van der Waals surface area (Å²) in [6, 6.07) is 11.2. The third-order valence-electron chi connectivity index (χ3n) is 3.60.